The first-order valence-corrected chi connectivity index (χ1v) is 7.12. The number of aliphatic hydroxyl groups is 1. The number of aliphatic hydroxyl groups excluding tert-OH is 1. The van der Waals surface area contributed by atoms with Crippen LogP contribution >= 0.6 is 27.5 Å². The maximum absolute atomic E-state index is 11.7. The fraction of sp³-hybridized carbons (Fsp3) is 0.385. The zero-order valence-electron chi connectivity index (χ0n) is 11.5. The van der Waals surface area contributed by atoms with Gasteiger partial charge in [0.05, 0.1) is 18.7 Å². The van der Waals surface area contributed by atoms with Gasteiger partial charge in [-0.25, -0.2) is 4.79 Å². The van der Waals surface area contributed by atoms with Crippen LogP contribution in [0.2, 0.25) is 5.02 Å². The third-order valence-corrected chi connectivity index (χ3v) is 3.28. The Morgan fingerprint density at radius 1 is 1.48 bits per heavy atom. The molecule has 0 aliphatic rings. The van der Waals surface area contributed by atoms with Gasteiger partial charge in [-0.2, -0.15) is 0 Å². The van der Waals surface area contributed by atoms with E-state index >= 15 is 0 Å². The molecule has 1 amide bonds. The van der Waals surface area contributed by atoms with Crippen molar-refractivity contribution in [2.45, 2.75) is 13.0 Å². The van der Waals surface area contributed by atoms with Crippen LogP contribution in [-0.2, 0) is 14.3 Å². The second-order valence-corrected chi connectivity index (χ2v) is 5.47. The summed E-state index contributed by atoms with van der Waals surface area (Å²) in [6.45, 7) is 0.890. The summed E-state index contributed by atoms with van der Waals surface area (Å²) in [4.78, 5) is 22.9. The molecule has 0 heterocycles. The van der Waals surface area contributed by atoms with Crippen molar-refractivity contribution in [2.24, 2.45) is 0 Å². The summed E-state index contributed by atoms with van der Waals surface area (Å²) >= 11 is 9.32. The van der Waals surface area contributed by atoms with Gasteiger partial charge in [0.2, 0.25) is 0 Å². The standard InChI is InChI=1S/C13H15BrClNO5/c1-7-3-8(14)4-9(15)12(7)21-6-11(18)16-10(5-17)13(19)20-2/h3-4,10,17H,5-6H2,1-2H3,(H,16,18)/t10-/m1/s1. The lowest BCUT2D eigenvalue weighted by molar-refractivity contribution is -0.146. The van der Waals surface area contributed by atoms with Gasteiger partial charge in [-0.15, -0.1) is 0 Å². The van der Waals surface area contributed by atoms with Crippen LogP contribution in [0.25, 0.3) is 0 Å². The maximum atomic E-state index is 11.7. The number of amides is 1. The lowest BCUT2D eigenvalue weighted by Gasteiger charge is -2.15. The summed E-state index contributed by atoms with van der Waals surface area (Å²) in [5, 5.41) is 11.7. The van der Waals surface area contributed by atoms with Crippen LogP contribution in [0.5, 0.6) is 5.75 Å². The predicted octanol–water partition coefficient (Wildman–Crippen LogP) is 1.44. The molecular formula is C13H15BrClNO5. The molecule has 1 atom stereocenters. The molecule has 0 aromatic heterocycles. The predicted molar refractivity (Wildman–Crippen MR) is 80.4 cm³/mol. The molecule has 21 heavy (non-hydrogen) atoms. The number of esters is 1. The zero-order chi connectivity index (χ0) is 16.0. The number of ether oxygens (including phenoxy) is 2. The number of hydrogen-bond acceptors (Lipinski definition) is 5. The highest BCUT2D eigenvalue weighted by molar-refractivity contribution is 9.10. The van der Waals surface area contributed by atoms with Crippen LogP contribution < -0.4 is 10.1 Å². The largest absolute Gasteiger partial charge is 0.482 e. The molecule has 0 aliphatic carbocycles. The summed E-state index contributed by atoms with van der Waals surface area (Å²) in [6.07, 6.45) is 0. The smallest absolute Gasteiger partial charge is 0.330 e. The molecule has 0 saturated heterocycles. The van der Waals surface area contributed by atoms with Crippen molar-refractivity contribution in [3.8, 4) is 5.75 Å². The van der Waals surface area contributed by atoms with Crippen LogP contribution in [0, 0.1) is 6.92 Å². The van der Waals surface area contributed by atoms with E-state index in [9.17, 15) is 9.59 Å². The van der Waals surface area contributed by atoms with Gasteiger partial charge < -0.3 is 19.9 Å². The minimum atomic E-state index is -1.12. The van der Waals surface area contributed by atoms with Gasteiger partial charge in [0.15, 0.2) is 12.6 Å². The molecule has 1 aromatic rings. The number of benzene rings is 1. The SMILES string of the molecule is COC(=O)[C@@H](CO)NC(=O)COc1c(C)cc(Br)cc1Cl. The molecule has 0 spiro atoms. The van der Waals surface area contributed by atoms with E-state index in [1.807, 2.05) is 0 Å². The lowest BCUT2D eigenvalue weighted by Crippen LogP contribution is -2.45. The Balaban J connectivity index is 2.63. The summed E-state index contributed by atoms with van der Waals surface area (Å²) in [5.74, 6) is -0.921. The van der Waals surface area contributed by atoms with Gasteiger partial charge in [0.1, 0.15) is 5.75 Å². The molecule has 1 rings (SSSR count). The number of carbonyl (C=O) groups is 2. The first-order valence-electron chi connectivity index (χ1n) is 5.95. The summed E-state index contributed by atoms with van der Waals surface area (Å²) in [5.41, 5.74) is 0.758. The Labute approximate surface area is 135 Å². The van der Waals surface area contributed by atoms with Crippen molar-refractivity contribution in [2.75, 3.05) is 20.3 Å². The third kappa shape index (κ3) is 5.18. The summed E-state index contributed by atoms with van der Waals surface area (Å²) in [7, 11) is 1.17. The van der Waals surface area contributed by atoms with E-state index in [0.717, 1.165) is 10.0 Å². The molecule has 1 aromatic carbocycles. The highest BCUT2D eigenvalue weighted by atomic mass is 79.9. The number of hydrogen-bond donors (Lipinski definition) is 2. The highest BCUT2D eigenvalue weighted by Gasteiger charge is 2.20. The molecule has 8 heteroatoms. The van der Waals surface area contributed by atoms with E-state index in [2.05, 4.69) is 26.0 Å². The second kappa shape index (κ2) is 8.21. The molecule has 2 N–H and O–H groups in total. The Bertz CT molecular complexity index is 514. The summed E-state index contributed by atoms with van der Waals surface area (Å²) < 4.78 is 10.6. The van der Waals surface area contributed by atoms with E-state index in [-0.39, 0.29) is 6.61 Å². The van der Waals surface area contributed by atoms with Crippen molar-refractivity contribution < 1.29 is 24.2 Å². The molecule has 0 aliphatic heterocycles. The van der Waals surface area contributed by atoms with Gasteiger partial charge >= 0.3 is 5.97 Å². The van der Waals surface area contributed by atoms with Gasteiger partial charge in [-0.3, -0.25) is 4.79 Å². The number of halogens is 2. The van der Waals surface area contributed by atoms with Crippen LogP contribution in [-0.4, -0.2) is 43.3 Å². The van der Waals surface area contributed by atoms with E-state index in [1.54, 1.807) is 19.1 Å². The van der Waals surface area contributed by atoms with Crippen molar-refractivity contribution in [3.63, 3.8) is 0 Å². The van der Waals surface area contributed by atoms with Gasteiger partial charge in [0, 0.05) is 4.47 Å². The lowest BCUT2D eigenvalue weighted by atomic mass is 10.2. The number of nitrogens with one attached hydrogen (secondary N) is 1. The Morgan fingerprint density at radius 2 is 2.14 bits per heavy atom. The Morgan fingerprint density at radius 3 is 2.67 bits per heavy atom. The van der Waals surface area contributed by atoms with Crippen LogP contribution in [0.1, 0.15) is 5.56 Å². The summed E-state index contributed by atoms with van der Waals surface area (Å²) in [6, 6.07) is 2.32. The maximum Gasteiger partial charge on any atom is 0.330 e. The molecule has 116 valence electrons. The molecule has 0 fully saturated rings. The van der Waals surface area contributed by atoms with Crippen molar-refractivity contribution in [1.29, 1.82) is 0 Å². The van der Waals surface area contributed by atoms with Crippen molar-refractivity contribution in [1.82, 2.24) is 5.32 Å². The van der Waals surface area contributed by atoms with Crippen LogP contribution in [0.15, 0.2) is 16.6 Å². The molecule has 0 bridgehead atoms. The van der Waals surface area contributed by atoms with E-state index in [1.165, 1.54) is 7.11 Å². The fourth-order valence-electron chi connectivity index (χ4n) is 1.57. The van der Waals surface area contributed by atoms with E-state index in [0.29, 0.717) is 10.8 Å². The minimum Gasteiger partial charge on any atom is -0.482 e. The van der Waals surface area contributed by atoms with Gasteiger partial charge in [0.25, 0.3) is 5.91 Å². The first-order chi connectivity index (χ1) is 9.88. The molecule has 0 saturated carbocycles. The number of aryl methyl sites for hydroxylation is 1. The molecule has 6 nitrogen and oxygen atoms in total. The minimum absolute atomic E-state index is 0.338. The molecule has 0 radical (unpaired) electrons. The Hall–Kier alpha value is -1.31. The van der Waals surface area contributed by atoms with Crippen molar-refractivity contribution in [3.05, 3.63) is 27.2 Å². The molecule has 0 unspecified atom stereocenters. The number of rotatable bonds is 6. The Kier molecular flexibility index (Phi) is 6.94. The fourth-order valence-corrected chi connectivity index (χ4v) is 2.59. The normalized spacial score (nSPS) is 11.7. The highest BCUT2D eigenvalue weighted by Crippen LogP contribution is 2.31. The quantitative estimate of drug-likeness (QED) is 0.730. The van der Waals surface area contributed by atoms with E-state index in [4.69, 9.17) is 21.4 Å². The average Bonchev–Trinajstić information content (AvgIpc) is 2.42. The average molecular weight is 381 g/mol. The van der Waals surface area contributed by atoms with Crippen molar-refractivity contribution >= 4 is 39.4 Å². The topological polar surface area (TPSA) is 84.9 Å². The zero-order valence-corrected chi connectivity index (χ0v) is 13.8. The first kappa shape index (κ1) is 17.7. The number of methoxy groups -OCH3 is 1. The van der Waals surface area contributed by atoms with Gasteiger partial charge in [-0.05, 0) is 24.6 Å². The van der Waals surface area contributed by atoms with E-state index < -0.39 is 24.5 Å². The number of carbonyl (C=O) groups excluding carboxylic acids is 2. The van der Waals surface area contributed by atoms with Crippen LogP contribution in [0.3, 0.4) is 0 Å². The van der Waals surface area contributed by atoms with Gasteiger partial charge in [-0.1, -0.05) is 27.5 Å². The van der Waals surface area contributed by atoms with Crippen LogP contribution in [0.4, 0.5) is 0 Å². The second-order valence-electron chi connectivity index (χ2n) is 4.15. The molecular weight excluding hydrogens is 366 g/mol. The third-order valence-electron chi connectivity index (χ3n) is 2.55. The monoisotopic (exact) mass is 379 g/mol.